The topological polar surface area (TPSA) is 89.4 Å². The van der Waals surface area contributed by atoms with Gasteiger partial charge in [0.1, 0.15) is 5.75 Å². The van der Waals surface area contributed by atoms with E-state index in [1.165, 1.54) is 18.2 Å². The van der Waals surface area contributed by atoms with Gasteiger partial charge in [-0.05, 0) is 18.9 Å². The van der Waals surface area contributed by atoms with E-state index in [-0.39, 0.29) is 11.4 Å². The molecule has 74 valence electrons. The fourth-order valence-electron chi connectivity index (χ4n) is 1.44. The molecule has 2 rings (SSSR count). The fraction of sp³-hybridized carbons (Fsp3) is 0.333. The molecule has 1 aromatic rings. The summed E-state index contributed by atoms with van der Waals surface area (Å²) in [7, 11) is 0. The number of aromatic hydroxyl groups is 1. The molecule has 0 saturated heterocycles. The van der Waals surface area contributed by atoms with E-state index in [0.717, 1.165) is 12.8 Å². The number of nitro benzene ring substituents is 1. The summed E-state index contributed by atoms with van der Waals surface area (Å²) in [5, 5.41) is 20.0. The van der Waals surface area contributed by atoms with Crippen LogP contribution in [0.15, 0.2) is 18.2 Å². The van der Waals surface area contributed by atoms with Crippen LogP contribution >= 0.6 is 0 Å². The number of non-ortho nitro benzene ring substituents is 1. The summed E-state index contributed by atoms with van der Waals surface area (Å²) in [6.07, 6.45) is 1.53. The van der Waals surface area contributed by atoms with Gasteiger partial charge in [-0.3, -0.25) is 10.1 Å². The van der Waals surface area contributed by atoms with E-state index in [9.17, 15) is 15.2 Å². The molecule has 0 unspecified atom stereocenters. The van der Waals surface area contributed by atoms with Crippen molar-refractivity contribution in [2.45, 2.75) is 18.4 Å². The van der Waals surface area contributed by atoms with Crippen LogP contribution in [0.3, 0.4) is 0 Å². The van der Waals surface area contributed by atoms with Crippen molar-refractivity contribution in [3.05, 3.63) is 33.9 Å². The third-order valence-corrected chi connectivity index (χ3v) is 2.52. The molecule has 14 heavy (non-hydrogen) atoms. The molecule has 5 heteroatoms. The van der Waals surface area contributed by atoms with Gasteiger partial charge in [0.05, 0.1) is 4.92 Å². The van der Waals surface area contributed by atoms with E-state index in [4.69, 9.17) is 5.73 Å². The second kappa shape index (κ2) is 2.68. The van der Waals surface area contributed by atoms with Crippen LogP contribution in [-0.2, 0) is 5.54 Å². The first-order chi connectivity index (χ1) is 6.53. The summed E-state index contributed by atoms with van der Waals surface area (Å²) in [6, 6.07) is 3.94. The minimum Gasteiger partial charge on any atom is -0.508 e. The van der Waals surface area contributed by atoms with Crippen LogP contribution in [0, 0.1) is 10.1 Å². The van der Waals surface area contributed by atoms with Gasteiger partial charge < -0.3 is 10.8 Å². The smallest absolute Gasteiger partial charge is 0.270 e. The number of nitrogens with two attached hydrogens (primary N) is 1. The van der Waals surface area contributed by atoms with Crippen LogP contribution in [0.25, 0.3) is 0 Å². The molecule has 1 aromatic carbocycles. The maximum absolute atomic E-state index is 10.5. The predicted molar refractivity (Wildman–Crippen MR) is 49.9 cm³/mol. The standard InChI is InChI=1S/C9H10N2O3/c10-9(3-4-9)7-5-6(11(13)14)1-2-8(7)12/h1-2,5,12H,3-4,10H2. The Morgan fingerprint density at radius 3 is 2.64 bits per heavy atom. The molecule has 0 amide bonds. The first-order valence-electron chi connectivity index (χ1n) is 4.30. The van der Waals surface area contributed by atoms with Crippen LogP contribution in [0.4, 0.5) is 5.69 Å². The van der Waals surface area contributed by atoms with Crippen molar-refractivity contribution in [2.24, 2.45) is 5.73 Å². The van der Waals surface area contributed by atoms with Crippen molar-refractivity contribution >= 4 is 5.69 Å². The Labute approximate surface area is 80.3 Å². The number of benzene rings is 1. The molecule has 1 aliphatic rings. The highest BCUT2D eigenvalue weighted by atomic mass is 16.6. The molecule has 0 bridgehead atoms. The number of phenols is 1. The summed E-state index contributed by atoms with van der Waals surface area (Å²) < 4.78 is 0. The van der Waals surface area contributed by atoms with Gasteiger partial charge in [-0.15, -0.1) is 0 Å². The van der Waals surface area contributed by atoms with Crippen molar-refractivity contribution in [3.8, 4) is 5.75 Å². The number of hydrogen-bond donors (Lipinski definition) is 2. The first kappa shape index (κ1) is 8.96. The summed E-state index contributed by atoms with van der Waals surface area (Å²) in [4.78, 5) is 10.0. The Kier molecular flexibility index (Phi) is 1.72. The van der Waals surface area contributed by atoms with E-state index in [0.29, 0.717) is 5.56 Å². The van der Waals surface area contributed by atoms with E-state index in [1.54, 1.807) is 0 Å². The number of phenolic OH excluding ortho intramolecular Hbond substituents is 1. The lowest BCUT2D eigenvalue weighted by atomic mass is 10.0. The Morgan fingerprint density at radius 2 is 2.14 bits per heavy atom. The molecular weight excluding hydrogens is 184 g/mol. The third kappa shape index (κ3) is 1.31. The maximum atomic E-state index is 10.5. The zero-order valence-corrected chi connectivity index (χ0v) is 7.43. The molecule has 3 N–H and O–H groups in total. The lowest BCUT2D eigenvalue weighted by Gasteiger charge is -2.10. The van der Waals surface area contributed by atoms with Crippen molar-refractivity contribution in [1.29, 1.82) is 0 Å². The SMILES string of the molecule is NC1(c2cc([N+](=O)[O-])ccc2O)CC1. The summed E-state index contributed by atoms with van der Waals surface area (Å²) in [6.45, 7) is 0. The van der Waals surface area contributed by atoms with Crippen LogP contribution in [0.2, 0.25) is 0 Å². The van der Waals surface area contributed by atoms with E-state index >= 15 is 0 Å². The maximum Gasteiger partial charge on any atom is 0.270 e. The summed E-state index contributed by atoms with van der Waals surface area (Å²) >= 11 is 0. The highest BCUT2D eigenvalue weighted by Crippen LogP contribution is 2.46. The van der Waals surface area contributed by atoms with E-state index in [2.05, 4.69) is 0 Å². The molecule has 0 heterocycles. The van der Waals surface area contributed by atoms with Crippen LogP contribution in [-0.4, -0.2) is 10.0 Å². The molecule has 1 saturated carbocycles. The van der Waals surface area contributed by atoms with Crippen molar-refractivity contribution in [1.82, 2.24) is 0 Å². The molecule has 0 radical (unpaired) electrons. The van der Waals surface area contributed by atoms with Crippen LogP contribution in [0.1, 0.15) is 18.4 Å². The Hall–Kier alpha value is -1.62. The van der Waals surface area contributed by atoms with Gasteiger partial charge in [0.15, 0.2) is 0 Å². The lowest BCUT2D eigenvalue weighted by molar-refractivity contribution is -0.385. The molecule has 0 aliphatic heterocycles. The Balaban J connectivity index is 2.48. The third-order valence-electron chi connectivity index (χ3n) is 2.52. The quantitative estimate of drug-likeness (QED) is 0.547. The van der Waals surface area contributed by atoms with Gasteiger partial charge in [0, 0.05) is 23.2 Å². The largest absolute Gasteiger partial charge is 0.508 e. The number of nitro groups is 1. The fourth-order valence-corrected chi connectivity index (χ4v) is 1.44. The summed E-state index contributed by atoms with van der Waals surface area (Å²) in [5.41, 5.74) is 5.76. The Morgan fingerprint density at radius 1 is 1.50 bits per heavy atom. The summed E-state index contributed by atoms with van der Waals surface area (Å²) in [5.74, 6) is 0.0376. The molecule has 1 fully saturated rings. The van der Waals surface area contributed by atoms with Gasteiger partial charge >= 0.3 is 0 Å². The predicted octanol–water partition coefficient (Wildman–Crippen LogP) is 1.25. The highest BCUT2D eigenvalue weighted by Gasteiger charge is 2.42. The zero-order chi connectivity index (χ0) is 10.3. The van der Waals surface area contributed by atoms with Gasteiger partial charge in [-0.1, -0.05) is 0 Å². The van der Waals surface area contributed by atoms with Gasteiger partial charge in [0.25, 0.3) is 5.69 Å². The monoisotopic (exact) mass is 194 g/mol. The second-order valence-corrected chi connectivity index (χ2v) is 3.61. The number of hydrogen-bond acceptors (Lipinski definition) is 4. The lowest BCUT2D eigenvalue weighted by Crippen LogP contribution is -2.18. The number of rotatable bonds is 2. The molecule has 0 aromatic heterocycles. The van der Waals surface area contributed by atoms with Crippen molar-refractivity contribution in [3.63, 3.8) is 0 Å². The van der Waals surface area contributed by atoms with Crippen LogP contribution in [0.5, 0.6) is 5.75 Å². The molecule has 5 nitrogen and oxygen atoms in total. The highest BCUT2D eigenvalue weighted by molar-refractivity contribution is 5.48. The van der Waals surface area contributed by atoms with Gasteiger partial charge in [0.2, 0.25) is 0 Å². The second-order valence-electron chi connectivity index (χ2n) is 3.61. The minimum absolute atomic E-state index is 0.0328. The van der Waals surface area contributed by atoms with Gasteiger partial charge in [-0.2, -0.15) is 0 Å². The molecule has 0 atom stereocenters. The molecule has 0 spiro atoms. The zero-order valence-electron chi connectivity index (χ0n) is 7.43. The minimum atomic E-state index is -0.546. The molecular formula is C9H10N2O3. The average molecular weight is 194 g/mol. The normalized spacial score (nSPS) is 17.8. The molecule has 1 aliphatic carbocycles. The van der Waals surface area contributed by atoms with Gasteiger partial charge in [-0.25, -0.2) is 0 Å². The van der Waals surface area contributed by atoms with E-state index < -0.39 is 10.5 Å². The van der Waals surface area contributed by atoms with Crippen LogP contribution < -0.4 is 5.73 Å². The first-order valence-corrected chi connectivity index (χ1v) is 4.30. The average Bonchev–Trinajstić information content (AvgIpc) is 2.85. The van der Waals surface area contributed by atoms with Crippen molar-refractivity contribution < 1.29 is 10.0 Å². The number of nitrogens with zero attached hydrogens (tertiary/aromatic N) is 1. The van der Waals surface area contributed by atoms with E-state index in [1.807, 2.05) is 0 Å². The Bertz CT molecular complexity index is 399. The van der Waals surface area contributed by atoms with Crippen molar-refractivity contribution in [2.75, 3.05) is 0 Å².